The smallest absolute Gasteiger partial charge is 0.196 e. The minimum absolute atomic E-state index is 0.0466. The summed E-state index contributed by atoms with van der Waals surface area (Å²) in [5, 5.41) is 3.89. The summed E-state index contributed by atoms with van der Waals surface area (Å²) in [6.45, 7) is 0. The lowest BCUT2D eigenvalue weighted by Gasteiger charge is -1.90. The molecule has 76 valence electrons. The van der Waals surface area contributed by atoms with Crippen LogP contribution in [0.15, 0.2) is 39.5 Å². The van der Waals surface area contributed by atoms with E-state index in [4.69, 9.17) is 0 Å². The van der Waals surface area contributed by atoms with Gasteiger partial charge in [0, 0.05) is 9.35 Å². The molecule has 2 aromatic heterocycles. The molecule has 4 heteroatoms. The highest BCUT2D eigenvalue weighted by atomic mass is 79.9. The van der Waals surface area contributed by atoms with Gasteiger partial charge in [-0.25, -0.2) is 0 Å². The number of carbonyl (C=O) groups is 1. The molecular weight excluding hydrogens is 292 g/mol. The molecule has 0 N–H and O–H groups in total. The molecule has 1 nitrogen and oxygen atoms in total. The molecule has 0 atom stereocenters. The van der Waals surface area contributed by atoms with Crippen LogP contribution >= 0.6 is 38.6 Å². The summed E-state index contributed by atoms with van der Waals surface area (Å²) in [6, 6.07) is 5.84. The lowest BCUT2D eigenvalue weighted by atomic mass is 10.3. The van der Waals surface area contributed by atoms with Crippen molar-refractivity contribution in [2.75, 3.05) is 0 Å². The van der Waals surface area contributed by atoms with Gasteiger partial charge in [0.05, 0.1) is 4.88 Å². The molecule has 0 unspecified atom stereocenters. The number of hydrogen-bond donors (Lipinski definition) is 0. The summed E-state index contributed by atoms with van der Waals surface area (Å²) in [5.74, 6) is 0.0466. The van der Waals surface area contributed by atoms with Gasteiger partial charge in [-0.2, -0.15) is 0 Å². The van der Waals surface area contributed by atoms with Crippen LogP contribution in [0.5, 0.6) is 0 Å². The molecule has 0 fully saturated rings. The van der Waals surface area contributed by atoms with E-state index in [-0.39, 0.29) is 5.78 Å². The second-order valence-corrected chi connectivity index (χ2v) is 5.56. The lowest BCUT2D eigenvalue weighted by Crippen LogP contribution is -1.89. The van der Waals surface area contributed by atoms with Gasteiger partial charge < -0.3 is 0 Å². The van der Waals surface area contributed by atoms with Gasteiger partial charge >= 0.3 is 0 Å². The Labute approximate surface area is 104 Å². The molecule has 0 aromatic carbocycles. The van der Waals surface area contributed by atoms with Crippen LogP contribution in [-0.4, -0.2) is 5.78 Å². The third-order valence-corrected chi connectivity index (χ3v) is 4.47. The Balaban J connectivity index is 2.14. The van der Waals surface area contributed by atoms with Crippen molar-refractivity contribution in [3.8, 4) is 0 Å². The van der Waals surface area contributed by atoms with Crippen LogP contribution in [0.1, 0.15) is 14.5 Å². The van der Waals surface area contributed by atoms with Crippen LogP contribution in [0.2, 0.25) is 0 Å². The van der Waals surface area contributed by atoms with E-state index in [1.807, 2.05) is 35.0 Å². The molecule has 0 aliphatic heterocycles. The second-order valence-electron chi connectivity index (χ2n) is 2.81. The Morgan fingerprint density at radius 3 is 2.73 bits per heavy atom. The van der Waals surface area contributed by atoms with Gasteiger partial charge in [-0.05, 0) is 51.0 Å². The average molecular weight is 299 g/mol. The molecule has 0 amide bonds. The summed E-state index contributed by atoms with van der Waals surface area (Å²) in [6.07, 6.45) is 3.46. The monoisotopic (exact) mass is 298 g/mol. The Morgan fingerprint density at radius 2 is 2.13 bits per heavy atom. The summed E-state index contributed by atoms with van der Waals surface area (Å²) in [7, 11) is 0. The van der Waals surface area contributed by atoms with E-state index >= 15 is 0 Å². The van der Waals surface area contributed by atoms with Gasteiger partial charge in [-0.1, -0.05) is 6.07 Å². The molecule has 2 rings (SSSR count). The standard InChI is InChI=1S/C11H7BrOS2/c12-9-5-7-15-11(9)10(13)4-3-8-2-1-6-14-8/h1-7H/b4-3+. The van der Waals surface area contributed by atoms with E-state index in [1.54, 1.807) is 17.4 Å². The van der Waals surface area contributed by atoms with Crippen molar-refractivity contribution in [3.63, 3.8) is 0 Å². The SMILES string of the molecule is O=C(/C=C/c1cccs1)c1sccc1Br. The largest absolute Gasteiger partial charge is 0.288 e. The van der Waals surface area contributed by atoms with E-state index in [0.29, 0.717) is 0 Å². The highest BCUT2D eigenvalue weighted by Gasteiger charge is 2.07. The Bertz CT molecular complexity index is 482. The molecule has 0 saturated carbocycles. The zero-order valence-corrected chi connectivity index (χ0v) is 10.9. The Hall–Kier alpha value is -0.710. The van der Waals surface area contributed by atoms with Crippen LogP contribution in [0.25, 0.3) is 6.08 Å². The van der Waals surface area contributed by atoms with Gasteiger partial charge in [0.15, 0.2) is 5.78 Å². The van der Waals surface area contributed by atoms with Crippen molar-refractivity contribution in [2.24, 2.45) is 0 Å². The molecule has 0 aliphatic rings. The van der Waals surface area contributed by atoms with Crippen molar-refractivity contribution < 1.29 is 4.79 Å². The first kappa shape index (κ1) is 10.8. The third kappa shape index (κ3) is 2.65. The fourth-order valence-electron chi connectivity index (χ4n) is 1.09. The number of thiophene rings is 2. The quantitative estimate of drug-likeness (QED) is 0.604. The van der Waals surface area contributed by atoms with Crippen LogP contribution in [-0.2, 0) is 0 Å². The van der Waals surface area contributed by atoms with Gasteiger partial charge in [0.25, 0.3) is 0 Å². The minimum Gasteiger partial charge on any atom is -0.288 e. The molecule has 15 heavy (non-hydrogen) atoms. The predicted octanol–water partition coefficient (Wildman–Crippen LogP) is 4.47. The molecule has 2 aromatic rings. The lowest BCUT2D eigenvalue weighted by molar-refractivity contribution is 0.105. The van der Waals surface area contributed by atoms with Crippen molar-refractivity contribution in [1.82, 2.24) is 0 Å². The van der Waals surface area contributed by atoms with E-state index in [0.717, 1.165) is 14.2 Å². The predicted molar refractivity (Wildman–Crippen MR) is 69.7 cm³/mol. The fraction of sp³-hybridized carbons (Fsp3) is 0. The first-order chi connectivity index (χ1) is 7.27. The number of carbonyl (C=O) groups excluding carboxylic acids is 1. The summed E-state index contributed by atoms with van der Waals surface area (Å²) in [5.41, 5.74) is 0. The van der Waals surface area contributed by atoms with Crippen molar-refractivity contribution >= 4 is 50.5 Å². The molecule has 0 spiro atoms. The van der Waals surface area contributed by atoms with E-state index in [9.17, 15) is 4.79 Å². The Kier molecular flexibility index (Phi) is 3.51. The highest BCUT2D eigenvalue weighted by Crippen LogP contribution is 2.23. The fourth-order valence-corrected chi connectivity index (χ4v) is 3.20. The van der Waals surface area contributed by atoms with Crippen LogP contribution in [0.4, 0.5) is 0 Å². The maximum absolute atomic E-state index is 11.7. The van der Waals surface area contributed by atoms with Crippen LogP contribution < -0.4 is 0 Å². The normalized spacial score (nSPS) is 11.0. The zero-order valence-electron chi connectivity index (χ0n) is 7.64. The zero-order chi connectivity index (χ0) is 10.7. The summed E-state index contributed by atoms with van der Waals surface area (Å²) in [4.78, 5) is 13.6. The maximum atomic E-state index is 11.7. The molecule has 0 bridgehead atoms. The number of ketones is 1. The van der Waals surface area contributed by atoms with Crippen molar-refractivity contribution in [1.29, 1.82) is 0 Å². The minimum atomic E-state index is 0.0466. The maximum Gasteiger partial charge on any atom is 0.196 e. The summed E-state index contributed by atoms with van der Waals surface area (Å²) >= 11 is 6.41. The van der Waals surface area contributed by atoms with Gasteiger partial charge in [0.2, 0.25) is 0 Å². The Morgan fingerprint density at radius 1 is 1.27 bits per heavy atom. The van der Waals surface area contributed by atoms with E-state index < -0.39 is 0 Å². The van der Waals surface area contributed by atoms with E-state index in [2.05, 4.69) is 15.9 Å². The van der Waals surface area contributed by atoms with Crippen LogP contribution in [0, 0.1) is 0 Å². The highest BCUT2D eigenvalue weighted by molar-refractivity contribution is 9.10. The van der Waals surface area contributed by atoms with Gasteiger partial charge in [-0.15, -0.1) is 22.7 Å². The molecule has 0 saturated heterocycles. The number of allylic oxidation sites excluding steroid dienone is 1. The molecule has 0 aliphatic carbocycles. The average Bonchev–Trinajstić information content (AvgIpc) is 2.84. The first-order valence-electron chi connectivity index (χ1n) is 4.26. The molecular formula is C11H7BrOS2. The second kappa shape index (κ2) is 4.88. The summed E-state index contributed by atoms with van der Waals surface area (Å²) < 4.78 is 0.869. The molecule has 0 radical (unpaired) electrons. The number of rotatable bonds is 3. The van der Waals surface area contributed by atoms with Crippen LogP contribution in [0.3, 0.4) is 0 Å². The number of halogens is 1. The molecule has 2 heterocycles. The van der Waals surface area contributed by atoms with Gasteiger partial charge in [-0.3, -0.25) is 4.79 Å². The van der Waals surface area contributed by atoms with Crippen molar-refractivity contribution in [2.45, 2.75) is 0 Å². The van der Waals surface area contributed by atoms with Gasteiger partial charge in [0.1, 0.15) is 0 Å². The number of hydrogen-bond acceptors (Lipinski definition) is 3. The topological polar surface area (TPSA) is 17.1 Å². The first-order valence-corrected chi connectivity index (χ1v) is 6.81. The van der Waals surface area contributed by atoms with E-state index in [1.165, 1.54) is 11.3 Å². The third-order valence-electron chi connectivity index (χ3n) is 1.78. The van der Waals surface area contributed by atoms with Crippen molar-refractivity contribution in [3.05, 3.63) is 49.3 Å².